The summed E-state index contributed by atoms with van der Waals surface area (Å²) in [5.74, 6) is -1.05. The average Bonchev–Trinajstić information content (AvgIpc) is 3.13. The van der Waals surface area contributed by atoms with E-state index in [1.54, 1.807) is 14.0 Å². The molecular weight excluding hydrogens is 425 g/mol. The van der Waals surface area contributed by atoms with Crippen LogP contribution < -0.4 is 5.32 Å². The molecule has 1 aliphatic heterocycles. The molecular formula is C17H21F3N6O3S. The normalized spacial score (nSPS) is 16.6. The van der Waals surface area contributed by atoms with Crippen molar-refractivity contribution in [2.75, 3.05) is 18.8 Å². The zero-order valence-corrected chi connectivity index (χ0v) is 17.2. The zero-order chi connectivity index (χ0) is 22.1. The smallest absolute Gasteiger partial charge is 0.348 e. The van der Waals surface area contributed by atoms with E-state index in [0.29, 0.717) is 18.9 Å². The van der Waals surface area contributed by atoms with Crippen molar-refractivity contribution in [3.8, 4) is 11.5 Å². The van der Waals surface area contributed by atoms with Crippen LogP contribution in [0.2, 0.25) is 0 Å². The van der Waals surface area contributed by atoms with Crippen molar-refractivity contribution < 1.29 is 26.4 Å². The molecule has 1 fully saturated rings. The Labute approximate surface area is 171 Å². The van der Waals surface area contributed by atoms with Crippen molar-refractivity contribution in [1.29, 1.82) is 0 Å². The van der Waals surface area contributed by atoms with Gasteiger partial charge in [-0.3, -0.25) is 4.79 Å². The number of aromatic nitrogens is 4. The number of carbonyl (C=O) groups excluding carboxylic acids is 1. The predicted molar refractivity (Wildman–Crippen MR) is 101 cm³/mol. The molecule has 0 radical (unpaired) electrons. The molecule has 0 aliphatic carbocycles. The molecule has 1 amide bonds. The lowest BCUT2D eigenvalue weighted by atomic mass is 10.1. The third kappa shape index (κ3) is 4.78. The maximum Gasteiger partial charge on any atom is 0.433 e. The highest BCUT2D eigenvalue weighted by atomic mass is 32.2. The van der Waals surface area contributed by atoms with E-state index in [1.165, 1.54) is 21.4 Å². The summed E-state index contributed by atoms with van der Waals surface area (Å²) in [7, 11) is -1.74. The Morgan fingerprint density at radius 1 is 1.27 bits per heavy atom. The Balaban J connectivity index is 1.80. The number of nitrogens with zero attached hydrogens (tertiary/aromatic N) is 5. The molecule has 13 heteroatoms. The van der Waals surface area contributed by atoms with Gasteiger partial charge in [0.05, 0.1) is 18.3 Å². The lowest BCUT2D eigenvalue weighted by Crippen LogP contribution is -2.47. The zero-order valence-electron chi connectivity index (χ0n) is 16.3. The molecule has 1 saturated heterocycles. The molecule has 0 aromatic carbocycles. The molecule has 3 rings (SSSR count). The second kappa shape index (κ2) is 8.30. The second-order valence-electron chi connectivity index (χ2n) is 6.90. The fourth-order valence-electron chi connectivity index (χ4n) is 3.12. The highest BCUT2D eigenvalue weighted by Crippen LogP contribution is 2.29. The van der Waals surface area contributed by atoms with Gasteiger partial charge in [0, 0.05) is 32.2 Å². The number of rotatable bonds is 5. The Morgan fingerprint density at radius 2 is 1.93 bits per heavy atom. The predicted octanol–water partition coefficient (Wildman–Crippen LogP) is 1.44. The minimum Gasteiger partial charge on any atom is -0.348 e. The molecule has 0 atom stereocenters. The molecule has 0 saturated carbocycles. The minimum absolute atomic E-state index is 0.0119. The molecule has 0 bridgehead atoms. The van der Waals surface area contributed by atoms with Gasteiger partial charge in [0.15, 0.2) is 5.82 Å². The third-order valence-electron chi connectivity index (χ3n) is 4.84. The van der Waals surface area contributed by atoms with E-state index in [4.69, 9.17) is 0 Å². The number of sulfonamides is 1. The molecule has 9 nitrogen and oxygen atoms in total. The molecule has 1 aliphatic rings. The lowest BCUT2D eigenvalue weighted by Gasteiger charge is -2.31. The summed E-state index contributed by atoms with van der Waals surface area (Å²) in [5, 5.41) is 2.65. The first-order chi connectivity index (χ1) is 14.0. The van der Waals surface area contributed by atoms with E-state index in [9.17, 15) is 26.4 Å². The Hall–Kier alpha value is -2.54. The molecule has 0 unspecified atom stereocenters. The van der Waals surface area contributed by atoms with Crippen LogP contribution in [0.4, 0.5) is 13.2 Å². The van der Waals surface area contributed by atoms with Gasteiger partial charge in [-0.05, 0) is 19.8 Å². The van der Waals surface area contributed by atoms with Gasteiger partial charge >= 0.3 is 6.18 Å². The summed E-state index contributed by atoms with van der Waals surface area (Å²) < 4.78 is 66.5. The first-order valence-electron chi connectivity index (χ1n) is 9.23. The fourth-order valence-corrected chi connectivity index (χ4v) is 4.25. The van der Waals surface area contributed by atoms with Crippen LogP contribution in [0.3, 0.4) is 0 Å². The van der Waals surface area contributed by atoms with E-state index in [0.717, 1.165) is 0 Å². The quantitative estimate of drug-likeness (QED) is 0.744. The van der Waals surface area contributed by atoms with Gasteiger partial charge in [-0.15, -0.1) is 0 Å². The van der Waals surface area contributed by atoms with Crippen molar-refractivity contribution >= 4 is 15.9 Å². The van der Waals surface area contributed by atoms with Crippen molar-refractivity contribution in [3.05, 3.63) is 30.0 Å². The standard InChI is InChI=1S/C17H21F3N6O3S/c1-3-30(28,29)26-6-4-11(5-7-26)22-16(27)12-8-14(17(18,19)20)24-15(23-12)13-9-21-10-25(13)2/h8-11H,3-7H2,1-2H3,(H,22,27). The van der Waals surface area contributed by atoms with E-state index in [2.05, 4.69) is 20.3 Å². The topological polar surface area (TPSA) is 110 Å². The van der Waals surface area contributed by atoms with Gasteiger partial charge in [-0.25, -0.2) is 27.7 Å². The van der Waals surface area contributed by atoms with E-state index < -0.39 is 33.5 Å². The van der Waals surface area contributed by atoms with Crippen molar-refractivity contribution in [2.45, 2.75) is 32.0 Å². The van der Waals surface area contributed by atoms with Crippen molar-refractivity contribution in [2.24, 2.45) is 7.05 Å². The fraction of sp³-hybridized carbons (Fsp3) is 0.529. The van der Waals surface area contributed by atoms with Crippen LogP contribution in [0.1, 0.15) is 35.9 Å². The molecule has 1 N–H and O–H groups in total. The number of aryl methyl sites for hydroxylation is 1. The van der Waals surface area contributed by atoms with Crippen LogP contribution in [-0.4, -0.2) is 63.0 Å². The number of hydrogen-bond donors (Lipinski definition) is 1. The highest BCUT2D eigenvalue weighted by Gasteiger charge is 2.35. The second-order valence-corrected chi connectivity index (χ2v) is 9.15. The first-order valence-corrected chi connectivity index (χ1v) is 10.8. The number of nitrogens with one attached hydrogen (secondary N) is 1. The summed E-state index contributed by atoms with van der Waals surface area (Å²) in [4.78, 5) is 24.0. The van der Waals surface area contributed by atoms with Crippen LogP contribution >= 0.6 is 0 Å². The van der Waals surface area contributed by atoms with Gasteiger partial charge in [-0.1, -0.05) is 0 Å². The lowest BCUT2D eigenvalue weighted by molar-refractivity contribution is -0.141. The monoisotopic (exact) mass is 446 g/mol. The molecule has 2 aromatic heterocycles. The number of imidazole rings is 1. The Kier molecular flexibility index (Phi) is 6.13. The van der Waals surface area contributed by atoms with Crippen LogP contribution in [0.25, 0.3) is 11.5 Å². The Morgan fingerprint density at radius 3 is 2.47 bits per heavy atom. The first kappa shape index (κ1) is 22.2. The van der Waals surface area contributed by atoms with Crippen LogP contribution in [0, 0.1) is 0 Å². The summed E-state index contributed by atoms with van der Waals surface area (Å²) in [6, 6.07) is 0.233. The van der Waals surface area contributed by atoms with Crippen LogP contribution in [0.5, 0.6) is 0 Å². The summed E-state index contributed by atoms with van der Waals surface area (Å²) >= 11 is 0. The summed E-state index contributed by atoms with van der Waals surface area (Å²) in [6.45, 7) is 2.02. The van der Waals surface area contributed by atoms with Gasteiger partial charge in [-0.2, -0.15) is 13.2 Å². The Bertz CT molecular complexity index is 1030. The van der Waals surface area contributed by atoms with Gasteiger partial charge in [0.1, 0.15) is 17.1 Å². The number of amides is 1. The maximum atomic E-state index is 13.3. The maximum absolute atomic E-state index is 13.3. The molecule has 2 aromatic rings. The SMILES string of the molecule is CCS(=O)(=O)N1CCC(NC(=O)c2cc(C(F)(F)F)nc(-c3cncn3C)n2)CC1. The van der Waals surface area contributed by atoms with Gasteiger partial charge < -0.3 is 9.88 Å². The molecule has 164 valence electrons. The van der Waals surface area contributed by atoms with E-state index in [1.807, 2.05) is 0 Å². The van der Waals surface area contributed by atoms with Gasteiger partial charge in [0.25, 0.3) is 5.91 Å². The van der Waals surface area contributed by atoms with Crippen LogP contribution in [-0.2, 0) is 23.2 Å². The number of piperidine rings is 1. The number of halogens is 3. The van der Waals surface area contributed by atoms with Crippen LogP contribution in [0.15, 0.2) is 18.6 Å². The average molecular weight is 446 g/mol. The number of alkyl halides is 3. The minimum atomic E-state index is -4.76. The highest BCUT2D eigenvalue weighted by molar-refractivity contribution is 7.89. The summed E-state index contributed by atoms with van der Waals surface area (Å²) in [5.41, 5.74) is -1.42. The van der Waals surface area contributed by atoms with Crippen molar-refractivity contribution in [1.82, 2.24) is 29.1 Å². The van der Waals surface area contributed by atoms with E-state index in [-0.39, 0.29) is 36.4 Å². The number of hydrogen-bond acceptors (Lipinski definition) is 6. The summed E-state index contributed by atoms with van der Waals surface area (Å²) in [6.07, 6.45) is -1.35. The van der Waals surface area contributed by atoms with Crippen molar-refractivity contribution in [3.63, 3.8) is 0 Å². The van der Waals surface area contributed by atoms with E-state index >= 15 is 0 Å². The largest absolute Gasteiger partial charge is 0.433 e. The van der Waals surface area contributed by atoms with Gasteiger partial charge in [0.2, 0.25) is 10.0 Å². The molecule has 3 heterocycles. The molecule has 30 heavy (non-hydrogen) atoms. The number of carbonyl (C=O) groups is 1. The molecule has 0 spiro atoms. The third-order valence-corrected chi connectivity index (χ3v) is 6.72.